The Morgan fingerprint density at radius 3 is 2.46 bits per heavy atom. The SMILES string of the molecule is CCn1ncc(-c2cc(C(F)F)nc3sc(C(N)=O)c(NC(=O)CCn4ncc([N+](=O)[O-])c4C)c23)c1C. The number of aromatic nitrogens is 5. The Morgan fingerprint density at radius 1 is 1.19 bits per heavy atom. The Balaban J connectivity index is 1.77. The second-order valence-electron chi connectivity index (χ2n) is 8.10. The summed E-state index contributed by atoms with van der Waals surface area (Å²) in [6.45, 7) is 5.76. The molecular formula is C22H22F2N8O4S. The van der Waals surface area contributed by atoms with Crippen molar-refractivity contribution < 1.29 is 23.3 Å². The van der Waals surface area contributed by atoms with E-state index in [2.05, 4.69) is 20.5 Å². The molecular weight excluding hydrogens is 510 g/mol. The van der Waals surface area contributed by atoms with Gasteiger partial charge in [-0.15, -0.1) is 11.3 Å². The van der Waals surface area contributed by atoms with Crippen LogP contribution in [0.3, 0.4) is 0 Å². The van der Waals surface area contributed by atoms with Crippen LogP contribution in [-0.2, 0) is 17.9 Å². The number of nitrogens with two attached hydrogens (primary N) is 1. The molecule has 0 spiro atoms. The fourth-order valence-corrected chi connectivity index (χ4v) is 5.03. The number of pyridine rings is 1. The van der Waals surface area contributed by atoms with E-state index in [1.807, 2.05) is 6.92 Å². The predicted octanol–water partition coefficient (Wildman–Crippen LogP) is 3.97. The Bertz CT molecular complexity index is 1540. The van der Waals surface area contributed by atoms with Crippen LogP contribution in [0.2, 0.25) is 0 Å². The first-order chi connectivity index (χ1) is 17.5. The van der Waals surface area contributed by atoms with Crippen molar-refractivity contribution in [2.45, 2.75) is 46.7 Å². The highest BCUT2D eigenvalue weighted by atomic mass is 32.1. The van der Waals surface area contributed by atoms with E-state index in [-0.39, 0.29) is 39.7 Å². The number of primary amides is 1. The Kier molecular flexibility index (Phi) is 6.98. The van der Waals surface area contributed by atoms with E-state index < -0.39 is 28.9 Å². The lowest BCUT2D eigenvalue weighted by atomic mass is 10.0. The number of carbonyl (C=O) groups excluding carboxylic acids is 2. The van der Waals surface area contributed by atoms with Gasteiger partial charge in [-0.25, -0.2) is 13.8 Å². The molecule has 4 heterocycles. The van der Waals surface area contributed by atoms with Gasteiger partial charge in [0, 0.05) is 29.6 Å². The first kappa shape index (κ1) is 25.8. The molecule has 15 heteroatoms. The lowest BCUT2D eigenvalue weighted by Crippen LogP contribution is -2.18. The van der Waals surface area contributed by atoms with Crippen LogP contribution in [-0.4, -0.2) is 41.3 Å². The van der Waals surface area contributed by atoms with E-state index in [0.29, 0.717) is 28.8 Å². The van der Waals surface area contributed by atoms with Crippen molar-refractivity contribution in [3.8, 4) is 11.1 Å². The van der Waals surface area contributed by atoms with Gasteiger partial charge in [0.05, 0.1) is 23.4 Å². The van der Waals surface area contributed by atoms with E-state index in [0.717, 1.165) is 17.5 Å². The van der Waals surface area contributed by atoms with Crippen molar-refractivity contribution >= 4 is 44.7 Å². The number of carbonyl (C=O) groups is 2. The molecule has 37 heavy (non-hydrogen) atoms. The standard InChI is InChI=1S/C22H22F2N8O4S/c1-4-30-10(2)13(8-26-30)12-7-14(20(23)24)28-22-17(12)18(19(37-22)21(25)34)29-16(33)5-6-31-11(3)15(9-27-31)32(35)36/h7-9,20H,4-6H2,1-3H3,(H2,25,34)(H,29,33). The van der Waals surface area contributed by atoms with Crippen LogP contribution < -0.4 is 11.1 Å². The largest absolute Gasteiger partial charge is 0.365 e. The first-order valence-electron chi connectivity index (χ1n) is 11.1. The van der Waals surface area contributed by atoms with E-state index in [1.54, 1.807) is 11.6 Å². The number of nitro groups is 1. The fourth-order valence-electron chi connectivity index (χ4n) is 4.01. The van der Waals surface area contributed by atoms with Gasteiger partial charge in [0.25, 0.3) is 12.3 Å². The summed E-state index contributed by atoms with van der Waals surface area (Å²) in [6.07, 6.45) is -0.380. The molecule has 0 radical (unpaired) electrons. The van der Waals surface area contributed by atoms with Gasteiger partial charge in [-0.1, -0.05) is 0 Å². The number of nitrogens with one attached hydrogen (secondary N) is 1. The minimum absolute atomic E-state index is 0.0303. The molecule has 0 aliphatic rings. The van der Waals surface area contributed by atoms with Crippen molar-refractivity contribution in [1.82, 2.24) is 24.5 Å². The number of aryl methyl sites for hydroxylation is 2. The summed E-state index contributed by atoms with van der Waals surface area (Å²) in [5.41, 5.74) is 6.82. The monoisotopic (exact) mass is 532 g/mol. The van der Waals surface area contributed by atoms with Gasteiger partial charge >= 0.3 is 5.69 Å². The number of amides is 2. The van der Waals surface area contributed by atoms with Crippen LogP contribution in [0.25, 0.3) is 21.3 Å². The molecule has 12 nitrogen and oxygen atoms in total. The summed E-state index contributed by atoms with van der Waals surface area (Å²) in [5.74, 6) is -1.40. The average Bonchev–Trinajstić information content (AvgIpc) is 3.52. The molecule has 0 aliphatic carbocycles. The third-order valence-corrected chi connectivity index (χ3v) is 7.01. The number of fused-ring (bicyclic) bond motifs is 1. The van der Waals surface area contributed by atoms with Crippen LogP contribution in [0.4, 0.5) is 20.2 Å². The van der Waals surface area contributed by atoms with Gasteiger partial charge in [0.1, 0.15) is 27.3 Å². The lowest BCUT2D eigenvalue weighted by molar-refractivity contribution is -0.385. The molecule has 0 saturated heterocycles. The van der Waals surface area contributed by atoms with E-state index in [4.69, 9.17) is 5.73 Å². The quantitative estimate of drug-likeness (QED) is 0.243. The van der Waals surface area contributed by atoms with E-state index >= 15 is 0 Å². The van der Waals surface area contributed by atoms with Crippen LogP contribution in [0.15, 0.2) is 18.5 Å². The third kappa shape index (κ3) is 4.76. The summed E-state index contributed by atoms with van der Waals surface area (Å²) in [5, 5.41) is 22.2. The highest BCUT2D eigenvalue weighted by molar-refractivity contribution is 7.21. The highest BCUT2D eigenvalue weighted by Crippen LogP contribution is 2.43. The maximum Gasteiger partial charge on any atom is 0.309 e. The van der Waals surface area contributed by atoms with Crippen molar-refractivity contribution in [3.63, 3.8) is 0 Å². The Hall–Kier alpha value is -4.27. The van der Waals surface area contributed by atoms with Crippen LogP contribution >= 0.6 is 11.3 Å². The summed E-state index contributed by atoms with van der Waals surface area (Å²) in [6, 6.07) is 1.22. The Morgan fingerprint density at radius 2 is 1.89 bits per heavy atom. The smallest absolute Gasteiger partial charge is 0.309 e. The number of thiophene rings is 1. The van der Waals surface area contributed by atoms with Gasteiger partial charge in [-0.05, 0) is 32.4 Å². The van der Waals surface area contributed by atoms with Crippen molar-refractivity contribution in [1.29, 1.82) is 0 Å². The molecule has 194 valence electrons. The molecule has 0 saturated carbocycles. The number of halogens is 2. The average molecular weight is 533 g/mol. The Labute approximate surface area is 212 Å². The maximum atomic E-state index is 13.7. The molecule has 4 aromatic rings. The molecule has 4 aromatic heterocycles. The molecule has 0 bridgehead atoms. The van der Waals surface area contributed by atoms with E-state index in [9.17, 15) is 28.5 Å². The lowest BCUT2D eigenvalue weighted by Gasteiger charge is -2.11. The molecule has 0 fully saturated rings. The van der Waals surface area contributed by atoms with Crippen LogP contribution in [0.1, 0.15) is 46.5 Å². The second kappa shape index (κ2) is 10.0. The number of nitrogens with zero attached hydrogens (tertiary/aromatic N) is 6. The number of alkyl halides is 2. The topological polar surface area (TPSA) is 164 Å². The van der Waals surface area contributed by atoms with Crippen molar-refractivity contribution in [2.75, 3.05) is 5.32 Å². The maximum absolute atomic E-state index is 13.7. The molecule has 0 unspecified atom stereocenters. The zero-order chi connectivity index (χ0) is 27.0. The second-order valence-corrected chi connectivity index (χ2v) is 9.10. The molecule has 2 amide bonds. The normalized spacial score (nSPS) is 11.4. The number of anilines is 1. The van der Waals surface area contributed by atoms with Gasteiger partial charge in [0.15, 0.2) is 0 Å². The van der Waals surface area contributed by atoms with Gasteiger partial charge in [-0.2, -0.15) is 10.2 Å². The summed E-state index contributed by atoms with van der Waals surface area (Å²) in [7, 11) is 0. The predicted molar refractivity (Wildman–Crippen MR) is 132 cm³/mol. The zero-order valence-corrected chi connectivity index (χ0v) is 20.8. The minimum atomic E-state index is -2.87. The molecule has 4 rings (SSSR count). The molecule has 0 aliphatic heterocycles. The summed E-state index contributed by atoms with van der Waals surface area (Å²) in [4.78, 5) is 39.7. The van der Waals surface area contributed by atoms with Crippen molar-refractivity contribution in [2.24, 2.45) is 5.73 Å². The fraction of sp³-hybridized carbons (Fsp3) is 0.318. The van der Waals surface area contributed by atoms with Gasteiger partial charge < -0.3 is 11.1 Å². The minimum Gasteiger partial charge on any atom is -0.365 e. The molecule has 0 atom stereocenters. The number of hydrogen-bond donors (Lipinski definition) is 2. The molecule has 0 aromatic carbocycles. The van der Waals surface area contributed by atoms with Crippen LogP contribution in [0, 0.1) is 24.0 Å². The van der Waals surface area contributed by atoms with Gasteiger partial charge in [0.2, 0.25) is 5.91 Å². The van der Waals surface area contributed by atoms with E-state index in [1.165, 1.54) is 23.9 Å². The number of rotatable bonds is 9. The van der Waals surface area contributed by atoms with Crippen molar-refractivity contribution in [3.05, 3.63) is 50.5 Å². The van der Waals surface area contributed by atoms with Gasteiger partial charge in [-0.3, -0.25) is 29.1 Å². The zero-order valence-electron chi connectivity index (χ0n) is 20.0. The highest BCUT2D eigenvalue weighted by Gasteiger charge is 2.26. The number of hydrogen-bond acceptors (Lipinski definition) is 8. The molecule has 3 N–H and O–H groups in total. The first-order valence-corrected chi connectivity index (χ1v) is 11.9. The van der Waals surface area contributed by atoms with Crippen LogP contribution in [0.5, 0.6) is 0 Å². The third-order valence-electron chi connectivity index (χ3n) is 5.91. The summed E-state index contributed by atoms with van der Waals surface area (Å²) < 4.78 is 30.4. The summed E-state index contributed by atoms with van der Waals surface area (Å²) >= 11 is 0.803.